The van der Waals surface area contributed by atoms with Crippen LogP contribution in [0.25, 0.3) is 0 Å². The fourth-order valence-electron chi connectivity index (χ4n) is 1.52. The standard InChI is InChI=1S/C13H17NO6S/c1-6(2)11(15)20-5-7-8(12(16)18-3)10(14)21-9(7)13(17)19-4/h6H,5,14H2,1-4H3. The molecule has 0 unspecified atom stereocenters. The number of carbonyl (C=O) groups excluding carboxylic acids is 3. The second kappa shape index (κ2) is 7.07. The smallest absolute Gasteiger partial charge is 0.348 e. The van der Waals surface area contributed by atoms with E-state index in [1.165, 1.54) is 14.2 Å². The Morgan fingerprint density at radius 2 is 1.71 bits per heavy atom. The van der Waals surface area contributed by atoms with E-state index in [0.717, 1.165) is 11.3 Å². The molecule has 8 heteroatoms. The second-order valence-corrected chi connectivity index (χ2v) is 5.45. The van der Waals surface area contributed by atoms with Gasteiger partial charge in [-0.25, -0.2) is 9.59 Å². The summed E-state index contributed by atoms with van der Waals surface area (Å²) in [7, 11) is 2.40. The molecule has 0 aliphatic heterocycles. The molecule has 0 fully saturated rings. The van der Waals surface area contributed by atoms with Crippen molar-refractivity contribution in [1.29, 1.82) is 0 Å². The lowest BCUT2D eigenvalue weighted by Crippen LogP contribution is -2.15. The van der Waals surface area contributed by atoms with Crippen LogP contribution in [-0.2, 0) is 25.6 Å². The van der Waals surface area contributed by atoms with E-state index in [9.17, 15) is 14.4 Å². The molecule has 0 saturated carbocycles. The largest absolute Gasteiger partial charge is 0.465 e. The molecule has 0 aliphatic rings. The molecule has 1 aromatic heterocycles. The third kappa shape index (κ3) is 3.72. The summed E-state index contributed by atoms with van der Waals surface area (Å²) in [6.45, 7) is 3.10. The van der Waals surface area contributed by atoms with Gasteiger partial charge in [-0.15, -0.1) is 11.3 Å². The fraction of sp³-hybridized carbons (Fsp3) is 0.462. The molecule has 0 aliphatic carbocycles. The van der Waals surface area contributed by atoms with Crippen LogP contribution in [0.5, 0.6) is 0 Å². The first-order valence-electron chi connectivity index (χ1n) is 6.07. The summed E-state index contributed by atoms with van der Waals surface area (Å²) in [6, 6.07) is 0. The molecule has 0 aromatic carbocycles. The number of ether oxygens (including phenoxy) is 3. The highest BCUT2D eigenvalue weighted by Gasteiger charge is 2.28. The minimum atomic E-state index is -0.700. The minimum Gasteiger partial charge on any atom is -0.465 e. The Bertz CT molecular complexity index is 563. The Kier molecular flexibility index (Phi) is 5.71. The van der Waals surface area contributed by atoms with Crippen LogP contribution in [0.2, 0.25) is 0 Å². The fourth-order valence-corrected chi connectivity index (χ4v) is 2.50. The van der Waals surface area contributed by atoms with Crippen LogP contribution in [0, 0.1) is 5.92 Å². The zero-order chi connectivity index (χ0) is 16.2. The quantitative estimate of drug-likeness (QED) is 0.650. The number of hydrogen-bond acceptors (Lipinski definition) is 8. The van der Waals surface area contributed by atoms with E-state index >= 15 is 0 Å². The highest BCUT2D eigenvalue weighted by Crippen LogP contribution is 2.33. The average molecular weight is 315 g/mol. The number of carbonyl (C=O) groups is 3. The van der Waals surface area contributed by atoms with Gasteiger partial charge in [-0.1, -0.05) is 13.8 Å². The number of anilines is 1. The molecule has 7 nitrogen and oxygen atoms in total. The maximum Gasteiger partial charge on any atom is 0.348 e. The van der Waals surface area contributed by atoms with E-state index in [1.807, 2.05) is 0 Å². The van der Waals surface area contributed by atoms with Gasteiger partial charge in [0.25, 0.3) is 0 Å². The van der Waals surface area contributed by atoms with Gasteiger partial charge in [0.05, 0.1) is 20.1 Å². The average Bonchev–Trinajstić information content (AvgIpc) is 2.79. The van der Waals surface area contributed by atoms with Crippen molar-refractivity contribution >= 4 is 34.2 Å². The molecular formula is C13H17NO6S. The van der Waals surface area contributed by atoms with E-state index < -0.39 is 17.9 Å². The number of rotatable bonds is 5. The first-order chi connectivity index (χ1) is 9.83. The molecule has 116 valence electrons. The van der Waals surface area contributed by atoms with Gasteiger partial charge in [-0.3, -0.25) is 4.79 Å². The minimum absolute atomic E-state index is 0.0273. The van der Waals surface area contributed by atoms with Crippen molar-refractivity contribution in [3.8, 4) is 0 Å². The van der Waals surface area contributed by atoms with Gasteiger partial charge in [0, 0.05) is 5.56 Å². The number of nitrogen functional groups attached to an aromatic ring is 1. The highest BCUT2D eigenvalue weighted by atomic mass is 32.1. The zero-order valence-electron chi connectivity index (χ0n) is 12.2. The van der Waals surface area contributed by atoms with Crippen LogP contribution in [0.15, 0.2) is 0 Å². The predicted molar refractivity (Wildman–Crippen MR) is 76.0 cm³/mol. The van der Waals surface area contributed by atoms with Gasteiger partial charge in [-0.2, -0.15) is 0 Å². The van der Waals surface area contributed by atoms with Crippen LogP contribution in [0.4, 0.5) is 5.00 Å². The molecule has 1 aromatic rings. The van der Waals surface area contributed by atoms with Gasteiger partial charge >= 0.3 is 17.9 Å². The van der Waals surface area contributed by atoms with E-state index in [2.05, 4.69) is 9.47 Å². The third-order valence-corrected chi connectivity index (χ3v) is 3.67. The molecule has 2 N–H and O–H groups in total. The second-order valence-electron chi connectivity index (χ2n) is 4.39. The third-order valence-electron chi connectivity index (χ3n) is 2.62. The number of nitrogens with two attached hydrogens (primary N) is 1. The van der Waals surface area contributed by atoms with Crippen molar-refractivity contribution in [2.45, 2.75) is 20.5 Å². The summed E-state index contributed by atoms with van der Waals surface area (Å²) in [5.74, 6) is -2.14. The van der Waals surface area contributed by atoms with Crippen LogP contribution in [-0.4, -0.2) is 32.1 Å². The SMILES string of the molecule is COC(=O)c1sc(N)c(C(=O)OC)c1COC(=O)C(C)C. The van der Waals surface area contributed by atoms with Crippen molar-refractivity contribution < 1.29 is 28.6 Å². The Hall–Kier alpha value is -2.09. The monoisotopic (exact) mass is 315 g/mol. The molecule has 0 bridgehead atoms. The van der Waals surface area contributed by atoms with Crippen LogP contribution < -0.4 is 5.73 Å². The van der Waals surface area contributed by atoms with Gasteiger partial charge in [0.15, 0.2) is 0 Å². The molecule has 1 rings (SSSR count). The van der Waals surface area contributed by atoms with Crippen molar-refractivity contribution in [3.05, 3.63) is 16.0 Å². The van der Waals surface area contributed by atoms with E-state index in [1.54, 1.807) is 13.8 Å². The van der Waals surface area contributed by atoms with E-state index in [-0.39, 0.29) is 33.5 Å². The highest BCUT2D eigenvalue weighted by molar-refractivity contribution is 7.18. The van der Waals surface area contributed by atoms with Gasteiger partial charge < -0.3 is 19.9 Å². The van der Waals surface area contributed by atoms with E-state index in [0.29, 0.717) is 0 Å². The number of esters is 3. The van der Waals surface area contributed by atoms with Crippen LogP contribution in [0.1, 0.15) is 39.4 Å². The Balaban J connectivity index is 3.20. The molecular weight excluding hydrogens is 298 g/mol. The Morgan fingerprint density at radius 1 is 1.14 bits per heavy atom. The van der Waals surface area contributed by atoms with Crippen molar-refractivity contribution in [2.24, 2.45) is 5.92 Å². The molecule has 0 spiro atoms. The predicted octanol–water partition coefficient (Wildman–Crippen LogP) is 1.60. The molecule has 0 atom stereocenters. The molecule has 0 amide bonds. The first kappa shape index (κ1) is 17.0. The summed E-state index contributed by atoms with van der Waals surface area (Å²) >= 11 is 0.889. The Morgan fingerprint density at radius 3 is 2.19 bits per heavy atom. The number of thiophene rings is 1. The van der Waals surface area contributed by atoms with Crippen LogP contribution >= 0.6 is 11.3 Å². The number of hydrogen-bond donors (Lipinski definition) is 1. The lowest BCUT2D eigenvalue weighted by atomic mass is 10.1. The van der Waals surface area contributed by atoms with Crippen LogP contribution in [0.3, 0.4) is 0 Å². The van der Waals surface area contributed by atoms with Gasteiger partial charge in [-0.05, 0) is 0 Å². The summed E-state index contributed by atoms with van der Waals surface area (Å²) in [6.07, 6.45) is 0. The van der Waals surface area contributed by atoms with Crippen molar-refractivity contribution in [2.75, 3.05) is 20.0 Å². The van der Waals surface area contributed by atoms with Crippen molar-refractivity contribution in [1.82, 2.24) is 0 Å². The van der Waals surface area contributed by atoms with Gasteiger partial charge in [0.2, 0.25) is 0 Å². The lowest BCUT2D eigenvalue weighted by molar-refractivity contribution is -0.148. The molecule has 21 heavy (non-hydrogen) atoms. The molecule has 1 heterocycles. The van der Waals surface area contributed by atoms with Crippen molar-refractivity contribution in [3.63, 3.8) is 0 Å². The Labute approximate surface area is 126 Å². The summed E-state index contributed by atoms with van der Waals surface area (Å²) in [5.41, 5.74) is 5.97. The van der Waals surface area contributed by atoms with E-state index in [4.69, 9.17) is 10.5 Å². The molecule has 0 saturated heterocycles. The molecule has 0 radical (unpaired) electrons. The topological polar surface area (TPSA) is 105 Å². The number of methoxy groups -OCH3 is 2. The normalized spacial score (nSPS) is 10.3. The lowest BCUT2D eigenvalue weighted by Gasteiger charge is -2.09. The van der Waals surface area contributed by atoms with Gasteiger partial charge in [0.1, 0.15) is 22.0 Å². The summed E-state index contributed by atoms with van der Waals surface area (Å²) < 4.78 is 14.3. The maximum atomic E-state index is 11.8. The summed E-state index contributed by atoms with van der Waals surface area (Å²) in [5, 5.41) is 0.109. The summed E-state index contributed by atoms with van der Waals surface area (Å²) in [4.78, 5) is 35.2. The maximum absolute atomic E-state index is 11.8. The zero-order valence-corrected chi connectivity index (χ0v) is 13.0. The first-order valence-corrected chi connectivity index (χ1v) is 6.89.